The van der Waals surface area contributed by atoms with E-state index < -0.39 is 0 Å². The van der Waals surface area contributed by atoms with Crippen molar-refractivity contribution in [3.63, 3.8) is 0 Å². The number of pyridine rings is 1. The highest BCUT2D eigenvalue weighted by molar-refractivity contribution is 5.85. The first kappa shape index (κ1) is 15.2. The molecule has 2 nitrogen and oxygen atoms in total. The van der Waals surface area contributed by atoms with Crippen molar-refractivity contribution in [3.8, 4) is 0 Å². The molecule has 1 aromatic heterocycles. The summed E-state index contributed by atoms with van der Waals surface area (Å²) in [6, 6.07) is 5.21. The first-order chi connectivity index (χ1) is 9.84. The van der Waals surface area contributed by atoms with E-state index in [9.17, 15) is 0 Å². The highest BCUT2D eigenvalue weighted by Gasteiger charge is 2.80. The molecule has 0 amide bonds. The molecular formula is C18H24Cl2N2. The molecule has 6 rings (SSSR count). The molecule has 9 atom stereocenters. The quantitative estimate of drug-likeness (QED) is 0.838. The first-order valence-corrected chi connectivity index (χ1v) is 8.44. The van der Waals surface area contributed by atoms with Crippen LogP contribution >= 0.6 is 24.8 Å². The summed E-state index contributed by atoms with van der Waals surface area (Å²) in [7, 11) is 2.38. The lowest BCUT2D eigenvalue weighted by molar-refractivity contribution is -0.0220. The number of hydrogen-bond acceptors (Lipinski definition) is 2. The average Bonchev–Trinajstić information content (AvgIpc) is 2.98. The SMILES string of the molecule is CN(Cc1cccnc1)[C@H]1[C@H]2[C@H]3C[C@@H]4[C@H]5[C@H]3C[C@H]2[C@@H]5[C@H]41.Cl.Cl. The van der Waals surface area contributed by atoms with Gasteiger partial charge in [-0.2, -0.15) is 0 Å². The molecule has 0 radical (unpaired) electrons. The van der Waals surface area contributed by atoms with Gasteiger partial charge in [0, 0.05) is 25.0 Å². The average molecular weight is 339 g/mol. The summed E-state index contributed by atoms with van der Waals surface area (Å²) < 4.78 is 0. The van der Waals surface area contributed by atoms with Crippen LogP contribution in [0.15, 0.2) is 24.5 Å². The van der Waals surface area contributed by atoms with E-state index in [1.807, 2.05) is 12.4 Å². The van der Waals surface area contributed by atoms with Gasteiger partial charge in [0.05, 0.1) is 0 Å². The molecule has 5 saturated carbocycles. The molecule has 1 heterocycles. The monoisotopic (exact) mass is 338 g/mol. The third kappa shape index (κ3) is 1.50. The number of halogens is 2. The minimum atomic E-state index is 0. The second-order valence-corrected chi connectivity index (χ2v) is 8.20. The van der Waals surface area contributed by atoms with Crippen LogP contribution in [-0.2, 0) is 6.54 Å². The van der Waals surface area contributed by atoms with Crippen LogP contribution in [0.1, 0.15) is 18.4 Å². The van der Waals surface area contributed by atoms with Gasteiger partial charge in [-0.15, -0.1) is 24.8 Å². The highest BCUT2D eigenvalue weighted by Crippen LogP contribution is 2.83. The molecular weight excluding hydrogens is 315 g/mol. The molecule has 0 aromatic carbocycles. The molecule has 120 valence electrons. The summed E-state index contributed by atoms with van der Waals surface area (Å²) in [6.07, 6.45) is 7.14. The van der Waals surface area contributed by atoms with Crippen molar-refractivity contribution >= 4 is 24.8 Å². The Hall–Kier alpha value is -0.310. The maximum absolute atomic E-state index is 4.28. The van der Waals surface area contributed by atoms with E-state index in [1.165, 1.54) is 11.5 Å². The van der Waals surface area contributed by atoms with Crippen molar-refractivity contribution in [1.29, 1.82) is 0 Å². The summed E-state index contributed by atoms with van der Waals surface area (Å²) in [5.74, 6) is 8.99. The van der Waals surface area contributed by atoms with E-state index in [0.717, 1.165) is 54.0 Å². The van der Waals surface area contributed by atoms with Crippen LogP contribution in [-0.4, -0.2) is 23.0 Å². The Kier molecular flexibility index (Phi) is 3.35. The van der Waals surface area contributed by atoms with Crippen molar-refractivity contribution in [3.05, 3.63) is 30.1 Å². The second kappa shape index (κ2) is 4.84. The summed E-state index contributed by atoms with van der Waals surface area (Å²) in [5, 5.41) is 0. The maximum atomic E-state index is 4.28. The van der Waals surface area contributed by atoms with E-state index in [4.69, 9.17) is 0 Å². The molecule has 4 heteroatoms. The number of aromatic nitrogens is 1. The van der Waals surface area contributed by atoms with Crippen molar-refractivity contribution < 1.29 is 0 Å². The fourth-order valence-corrected chi connectivity index (χ4v) is 7.90. The molecule has 5 fully saturated rings. The zero-order chi connectivity index (χ0) is 13.0. The summed E-state index contributed by atoms with van der Waals surface area (Å²) >= 11 is 0. The van der Waals surface area contributed by atoms with E-state index in [1.54, 1.807) is 12.8 Å². The van der Waals surface area contributed by atoms with Crippen LogP contribution in [0.2, 0.25) is 0 Å². The van der Waals surface area contributed by atoms with Gasteiger partial charge in [0.1, 0.15) is 0 Å². The molecule has 0 aliphatic heterocycles. The zero-order valence-electron chi connectivity index (χ0n) is 12.8. The highest BCUT2D eigenvalue weighted by atomic mass is 35.5. The van der Waals surface area contributed by atoms with E-state index in [-0.39, 0.29) is 24.8 Å². The van der Waals surface area contributed by atoms with Gasteiger partial charge >= 0.3 is 0 Å². The lowest BCUT2D eigenvalue weighted by atomic mass is 9.58. The molecule has 0 unspecified atom stereocenters. The number of rotatable bonds is 3. The molecule has 0 N–H and O–H groups in total. The molecule has 22 heavy (non-hydrogen) atoms. The van der Waals surface area contributed by atoms with Crippen LogP contribution in [0, 0.1) is 47.3 Å². The summed E-state index contributed by atoms with van der Waals surface area (Å²) in [4.78, 5) is 6.98. The molecule has 5 aliphatic rings. The van der Waals surface area contributed by atoms with Crippen LogP contribution < -0.4 is 0 Å². The minimum Gasteiger partial charge on any atom is -0.299 e. The van der Waals surface area contributed by atoms with Crippen LogP contribution in [0.5, 0.6) is 0 Å². The zero-order valence-corrected chi connectivity index (χ0v) is 14.5. The van der Waals surface area contributed by atoms with E-state index in [0.29, 0.717) is 0 Å². The molecule has 1 aromatic rings. The standard InChI is InChI=1S/C18H22N2.2ClH/c1-20(8-9-3-2-4-19-7-9)18-15-11-6-12-14-10(11)5-13(15)16(14)17(12)18;;/h2-4,7,10-18H,5-6,8H2,1H3;2*1H/t10-,11-,12+,13+,14+,15-,16-,17-,18-;;/m0../s1. The Morgan fingerprint density at radius 2 is 1.73 bits per heavy atom. The van der Waals surface area contributed by atoms with Crippen LogP contribution in [0.4, 0.5) is 0 Å². The first-order valence-electron chi connectivity index (χ1n) is 8.44. The number of fused-ring (bicyclic) bond motifs is 2. The van der Waals surface area contributed by atoms with E-state index in [2.05, 4.69) is 29.1 Å². The van der Waals surface area contributed by atoms with Crippen molar-refractivity contribution in [2.75, 3.05) is 7.05 Å². The molecule has 2 bridgehead atoms. The van der Waals surface area contributed by atoms with Crippen molar-refractivity contribution in [2.24, 2.45) is 47.3 Å². The van der Waals surface area contributed by atoms with Gasteiger partial charge in [-0.1, -0.05) is 6.07 Å². The smallest absolute Gasteiger partial charge is 0.0312 e. The van der Waals surface area contributed by atoms with Gasteiger partial charge < -0.3 is 0 Å². The Morgan fingerprint density at radius 3 is 2.45 bits per heavy atom. The largest absolute Gasteiger partial charge is 0.299 e. The Morgan fingerprint density at radius 1 is 1.00 bits per heavy atom. The topological polar surface area (TPSA) is 16.1 Å². The van der Waals surface area contributed by atoms with Gasteiger partial charge in [0.2, 0.25) is 0 Å². The second-order valence-electron chi connectivity index (χ2n) is 8.20. The summed E-state index contributed by atoms with van der Waals surface area (Å²) in [5.41, 5.74) is 1.38. The third-order valence-corrected chi connectivity index (χ3v) is 7.95. The lowest BCUT2D eigenvalue weighted by Gasteiger charge is -2.50. The molecule has 0 spiro atoms. The lowest BCUT2D eigenvalue weighted by Crippen LogP contribution is -2.51. The number of hydrogen-bond donors (Lipinski definition) is 0. The summed E-state index contributed by atoms with van der Waals surface area (Å²) in [6.45, 7) is 1.10. The molecule has 0 saturated heterocycles. The van der Waals surface area contributed by atoms with Gasteiger partial charge in [-0.3, -0.25) is 9.88 Å². The fraction of sp³-hybridized carbons (Fsp3) is 0.722. The number of nitrogens with zero attached hydrogens (tertiary/aromatic N) is 2. The fourth-order valence-electron chi connectivity index (χ4n) is 7.90. The van der Waals surface area contributed by atoms with Gasteiger partial charge in [-0.25, -0.2) is 0 Å². The minimum absolute atomic E-state index is 0. The predicted molar refractivity (Wildman–Crippen MR) is 91.1 cm³/mol. The Balaban J connectivity index is 0.000000625. The van der Waals surface area contributed by atoms with Gasteiger partial charge in [0.15, 0.2) is 0 Å². The molecule has 5 aliphatic carbocycles. The predicted octanol–water partition coefficient (Wildman–Crippen LogP) is 3.50. The van der Waals surface area contributed by atoms with Crippen LogP contribution in [0.3, 0.4) is 0 Å². The van der Waals surface area contributed by atoms with E-state index >= 15 is 0 Å². The van der Waals surface area contributed by atoms with Crippen molar-refractivity contribution in [2.45, 2.75) is 25.4 Å². The van der Waals surface area contributed by atoms with Crippen molar-refractivity contribution in [1.82, 2.24) is 9.88 Å². The van der Waals surface area contributed by atoms with Crippen LogP contribution in [0.25, 0.3) is 0 Å². The maximum Gasteiger partial charge on any atom is 0.0312 e. The Bertz CT molecular complexity index is 574. The normalized spacial score (nSPS) is 50.9. The Labute approximate surface area is 144 Å². The van der Waals surface area contributed by atoms with Gasteiger partial charge in [0.25, 0.3) is 0 Å². The van der Waals surface area contributed by atoms with Gasteiger partial charge in [-0.05, 0) is 78.9 Å². The third-order valence-electron chi connectivity index (χ3n) is 7.95.